The standard InChI is InChI=1S/C15H20FN3O/c16-11-5-4-10(12(8-11)15(17)18)9-19-6-7-20-14-3-1-2-13(14)19/h4-5,8,13-14H,1-3,6-7,9H2,(H3,17,18). The van der Waals surface area contributed by atoms with Crippen molar-refractivity contribution in [1.29, 1.82) is 5.41 Å². The SMILES string of the molecule is N=C(N)c1cc(F)ccc1CN1CCOC2CCCC21. The zero-order valence-electron chi connectivity index (χ0n) is 11.4. The van der Waals surface area contributed by atoms with Gasteiger partial charge < -0.3 is 10.5 Å². The molecule has 0 amide bonds. The second-order valence-corrected chi connectivity index (χ2v) is 5.59. The molecule has 0 aromatic heterocycles. The first-order valence-electron chi connectivity index (χ1n) is 7.13. The number of fused-ring (bicyclic) bond motifs is 1. The smallest absolute Gasteiger partial charge is 0.123 e. The first-order chi connectivity index (χ1) is 9.65. The lowest BCUT2D eigenvalue weighted by atomic mass is 10.0. The Hall–Kier alpha value is -1.46. The van der Waals surface area contributed by atoms with E-state index in [-0.39, 0.29) is 11.7 Å². The predicted molar refractivity (Wildman–Crippen MR) is 75.2 cm³/mol. The average Bonchev–Trinajstić information content (AvgIpc) is 2.90. The maximum Gasteiger partial charge on any atom is 0.123 e. The lowest BCUT2D eigenvalue weighted by Gasteiger charge is -2.38. The van der Waals surface area contributed by atoms with Crippen molar-refractivity contribution in [2.75, 3.05) is 13.2 Å². The van der Waals surface area contributed by atoms with Gasteiger partial charge >= 0.3 is 0 Å². The summed E-state index contributed by atoms with van der Waals surface area (Å²) in [7, 11) is 0. The summed E-state index contributed by atoms with van der Waals surface area (Å²) in [6.07, 6.45) is 3.82. The summed E-state index contributed by atoms with van der Waals surface area (Å²) in [5, 5.41) is 7.61. The lowest BCUT2D eigenvalue weighted by molar-refractivity contribution is -0.0588. The topological polar surface area (TPSA) is 62.3 Å². The lowest BCUT2D eigenvalue weighted by Crippen LogP contribution is -2.48. The van der Waals surface area contributed by atoms with Gasteiger partial charge in [0, 0.05) is 24.7 Å². The van der Waals surface area contributed by atoms with Crippen LogP contribution in [-0.4, -0.2) is 36.0 Å². The van der Waals surface area contributed by atoms with Crippen molar-refractivity contribution in [2.24, 2.45) is 5.73 Å². The van der Waals surface area contributed by atoms with Crippen LogP contribution < -0.4 is 5.73 Å². The van der Waals surface area contributed by atoms with Gasteiger partial charge in [0.15, 0.2) is 0 Å². The normalized spacial score (nSPS) is 26.4. The second kappa shape index (κ2) is 5.50. The minimum Gasteiger partial charge on any atom is -0.384 e. The molecule has 1 aromatic carbocycles. The van der Waals surface area contributed by atoms with E-state index >= 15 is 0 Å². The van der Waals surface area contributed by atoms with Crippen LogP contribution in [0.2, 0.25) is 0 Å². The molecular formula is C15H20FN3O. The van der Waals surface area contributed by atoms with E-state index < -0.39 is 0 Å². The Bertz CT molecular complexity index is 520. The molecule has 2 aliphatic rings. The van der Waals surface area contributed by atoms with Crippen molar-refractivity contribution < 1.29 is 9.13 Å². The van der Waals surface area contributed by atoms with Crippen molar-refractivity contribution in [3.05, 3.63) is 35.1 Å². The van der Waals surface area contributed by atoms with E-state index in [0.29, 0.717) is 24.3 Å². The number of morpholine rings is 1. The van der Waals surface area contributed by atoms with Crippen LogP contribution in [0.25, 0.3) is 0 Å². The Kier molecular flexibility index (Phi) is 3.72. The van der Waals surface area contributed by atoms with E-state index in [1.165, 1.54) is 18.6 Å². The first kappa shape index (κ1) is 13.5. The third-order valence-electron chi connectivity index (χ3n) is 4.33. The Morgan fingerprint density at radius 2 is 2.30 bits per heavy atom. The van der Waals surface area contributed by atoms with Crippen molar-refractivity contribution in [3.63, 3.8) is 0 Å². The summed E-state index contributed by atoms with van der Waals surface area (Å²) in [5.41, 5.74) is 7.00. The summed E-state index contributed by atoms with van der Waals surface area (Å²) < 4.78 is 19.1. The molecule has 5 heteroatoms. The zero-order chi connectivity index (χ0) is 14.1. The van der Waals surface area contributed by atoms with E-state index in [1.807, 2.05) is 0 Å². The van der Waals surface area contributed by atoms with E-state index in [1.54, 1.807) is 6.07 Å². The van der Waals surface area contributed by atoms with E-state index in [0.717, 1.165) is 31.6 Å². The van der Waals surface area contributed by atoms with E-state index in [9.17, 15) is 4.39 Å². The first-order valence-corrected chi connectivity index (χ1v) is 7.13. The molecule has 2 fully saturated rings. The minimum atomic E-state index is -0.348. The number of amidine groups is 1. The molecule has 20 heavy (non-hydrogen) atoms. The van der Waals surface area contributed by atoms with Crippen molar-refractivity contribution in [1.82, 2.24) is 4.90 Å². The summed E-state index contributed by atoms with van der Waals surface area (Å²) in [6.45, 7) is 2.34. The quantitative estimate of drug-likeness (QED) is 0.655. The highest BCUT2D eigenvalue weighted by molar-refractivity contribution is 5.96. The maximum atomic E-state index is 13.3. The van der Waals surface area contributed by atoms with Crippen LogP contribution in [-0.2, 0) is 11.3 Å². The third kappa shape index (κ3) is 2.55. The Morgan fingerprint density at radius 3 is 3.10 bits per heavy atom. The molecule has 2 atom stereocenters. The number of nitrogen functional groups attached to an aromatic ring is 1. The Balaban J connectivity index is 1.82. The number of nitrogens with two attached hydrogens (primary N) is 1. The number of nitrogens with zero attached hydrogens (tertiary/aromatic N) is 1. The number of hydrogen-bond acceptors (Lipinski definition) is 3. The molecule has 3 N–H and O–H groups in total. The summed E-state index contributed by atoms with van der Waals surface area (Å²) in [5.74, 6) is -0.421. The molecule has 1 saturated carbocycles. The fourth-order valence-electron chi connectivity index (χ4n) is 3.36. The fraction of sp³-hybridized carbons (Fsp3) is 0.533. The summed E-state index contributed by atoms with van der Waals surface area (Å²) >= 11 is 0. The van der Waals surface area contributed by atoms with Gasteiger partial charge in [-0.15, -0.1) is 0 Å². The molecule has 108 valence electrons. The second-order valence-electron chi connectivity index (χ2n) is 5.59. The van der Waals surface area contributed by atoms with Crippen LogP contribution in [0.15, 0.2) is 18.2 Å². The maximum absolute atomic E-state index is 13.3. The van der Waals surface area contributed by atoms with Gasteiger partial charge in [-0.2, -0.15) is 0 Å². The molecule has 0 spiro atoms. The predicted octanol–water partition coefficient (Wildman–Crippen LogP) is 1.86. The van der Waals surface area contributed by atoms with Gasteiger partial charge in [0.1, 0.15) is 11.7 Å². The van der Waals surface area contributed by atoms with Crippen molar-refractivity contribution in [3.8, 4) is 0 Å². The molecule has 3 rings (SSSR count). The largest absolute Gasteiger partial charge is 0.384 e. The van der Waals surface area contributed by atoms with Gasteiger partial charge in [0.2, 0.25) is 0 Å². The molecular weight excluding hydrogens is 257 g/mol. The molecule has 1 aliphatic heterocycles. The highest BCUT2D eigenvalue weighted by Crippen LogP contribution is 2.31. The van der Waals surface area contributed by atoms with Crippen LogP contribution in [0.1, 0.15) is 30.4 Å². The van der Waals surface area contributed by atoms with Gasteiger partial charge in [-0.3, -0.25) is 10.3 Å². The zero-order valence-corrected chi connectivity index (χ0v) is 11.4. The Morgan fingerprint density at radius 1 is 1.45 bits per heavy atom. The number of halogens is 1. The summed E-state index contributed by atoms with van der Waals surface area (Å²) in [4.78, 5) is 2.39. The molecule has 1 aliphatic carbocycles. The highest BCUT2D eigenvalue weighted by atomic mass is 19.1. The van der Waals surface area contributed by atoms with Crippen molar-refractivity contribution in [2.45, 2.75) is 38.0 Å². The van der Waals surface area contributed by atoms with Crippen LogP contribution in [0.5, 0.6) is 0 Å². The van der Waals surface area contributed by atoms with Crippen LogP contribution in [0, 0.1) is 11.2 Å². The van der Waals surface area contributed by atoms with Crippen LogP contribution in [0.4, 0.5) is 4.39 Å². The van der Waals surface area contributed by atoms with E-state index in [2.05, 4.69) is 4.90 Å². The average molecular weight is 277 g/mol. The fourth-order valence-corrected chi connectivity index (χ4v) is 3.36. The number of ether oxygens (including phenoxy) is 1. The molecule has 1 heterocycles. The third-order valence-corrected chi connectivity index (χ3v) is 4.33. The van der Waals surface area contributed by atoms with Gasteiger partial charge in [-0.25, -0.2) is 4.39 Å². The van der Waals surface area contributed by atoms with Gasteiger partial charge in [-0.05, 0) is 37.0 Å². The number of hydrogen-bond donors (Lipinski definition) is 2. The number of rotatable bonds is 3. The van der Waals surface area contributed by atoms with Gasteiger partial charge in [-0.1, -0.05) is 6.07 Å². The van der Waals surface area contributed by atoms with Crippen LogP contribution in [0.3, 0.4) is 0 Å². The Labute approximate surface area is 118 Å². The molecule has 4 nitrogen and oxygen atoms in total. The summed E-state index contributed by atoms with van der Waals surface area (Å²) in [6, 6.07) is 4.98. The molecule has 0 bridgehead atoms. The molecule has 1 aromatic rings. The van der Waals surface area contributed by atoms with Crippen molar-refractivity contribution >= 4 is 5.84 Å². The van der Waals surface area contributed by atoms with E-state index in [4.69, 9.17) is 15.9 Å². The van der Waals surface area contributed by atoms with Crippen LogP contribution >= 0.6 is 0 Å². The monoisotopic (exact) mass is 277 g/mol. The number of benzene rings is 1. The van der Waals surface area contributed by atoms with Gasteiger partial charge in [0.05, 0.1) is 12.7 Å². The molecule has 1 saturated heterocycles. The minimum absolute atomic E-state index is 0.0734. The van der Waals surface area contributed by atoms with Gasteiger partial charge in [0.25, 0.3) is 0 Å². The highest BCUT2D eigenvalue weighted by Gasteiger charge is 2.36. The molecule has 0 radical (unpaired) electrons. The molecule has 2 unspecified atom stereocenters. The number of nitrogens with one attached hydrogen (secondary N) is 1.